The summed E-state index contributed by atoms with van der Waals surface area (Å²) in [5.74, 6) is 0. The molecule has 0 saturated carbocycles. The minimum Gasteiger partial charge on any atom is -0.398 e. The SMILES string of the molecule is CCCN(CCC)S(=O)(=O)c1c(N)cccc1Cl. The summed E-state index contributed by atoms with van der Waals surface area (Å²) in [6.07, 6.45) is 1.51. The molecule has 4 nitrogen and oxygen atoms in total. The normalized spacial score (nSPS) is 12.0. The summed E-state index contributed by atoms with van der Waals surface area (Å²) in [5, 5.41) is 0.173. The Morgan fingerprint density at radius 2 is 1.78 bits per heavy atom. The molecule has 2 N–H and O–H groups in total. The lowest BCUT2D eigenvalue weighted by Crippen LogP contribution is -2.33. The van der Waals surface area contributed by atoms with Crippen LogP contribution >= 0.6 is 11.6 Å². The van der Waals surface area contributed by atoms with Crippen LogP contribution in [0.1, 0.15) is 26.7 Å². The molecule has 0 amide bonds. The number of nitrogens with two attached hydrogens (primary N) is 1. The highest BCUT2D eigenvalue weighted by Gasteiger charge is 2.27. The van der Waals surface area contributed by atoms with Crippen molar-refractivity contribution in [1.29, 1.82) is 0 Å². The van der Waals surface area contributed by atoms with Gasteiger partial charge in [0, 0.05) is 13.1 Å². The van der Waals surface area contributed by atoms with Gasteiger partial charge in [-0.3, -0.25) is 0 Å². The van der Waals surface area contributed by atoms with Gasteiger partial charge in [-0.05, 0) is 25.0 Å². The highest BCUT2D eigenvalue weighted by atomic mass is 35.5. The van der Waals surface area contributed by atoms with Gasteiger partial charge in [-0.25, -0.2) is 8.42 Å². The van der Waals surface area contributed by atoms with Crippen LogP contribution in [0.25, 0.3) is 0 Å². The smallest absolute Gasteiger partial charge is 0.246 e. The lowest BCUT2D eigenvalue weighted by atomic mass is 10.3. The molecule has 0 aliphatic heterocycles. The minimum atomic E-state index is -3.61. The quantitative estimate of drug-likeness (QED) is 0.819. The first kappa shape index (κ1) is 15.3. The van der Waals surface area contributed by atoms with Crippen molar-refractivity contribution in [3.63, 3.8) is 0 Å². The summed E-state index contributed by atoms with van der Waals surface area (Å²) in [4.78, 5) is 0.0218. The molecule has 0 aliphatic carbocycles. The van der Waals surface area contributed by atoms with E-state index in [2.05, 4.69) is 0 Å². The summed E-state index contributed by atoms with van der Waals surface area (Å²) in [6, 6.07) is 4.73. The van der Waals surface area contributed by atoms with Crippen molar-refractivity contribution in [3.8, 4) is 0 Å². The number of rotatable bonds is 6. The molecule has 102 valence electrons. The average molecular weight is 291 g/mol. The van der Waals surface area contributed by atoms with Gasteiger partial charge in [0.15, 0.2) is 0 Å². The van der Waals surface area contributed by atoms with Crippen molar-refractivity contribution in [2.75, 3.05) is 18.8 Å². The molecule has 0 aromatic heterocycles. The molecule has 0 saturated heterocycles. The molecule has 1 rings (SSSR count). The van der Waals surface area contributed by atoms with E-state index in [-0.39, 0.29) is 15.6 Å². The van der Waals surface area contributed by atoms with Crippen LogP contribution in [-0.4, -0.2) is 25.8 Å². The third-order valence-electron chi connectivity index (χ3n) is 2.54. The first-order chi connectivity index (χ1) is 8.45. The second-order valence-corrected chi connectivity index (χ2v) is 6.34. The Kier molecular flexibility index (Phi) is 5.44. The van der Waals surface area contributed by atoms with E-state index >= 15 is 0 Å². The van der Waals surface area contributed by atoms with Gasteiger partial charge in [-0.2, -0.15) is 4.31 Å². The zero-order valence-corrected chi connectivity index (χ0v) is 12.3. The maximum Gasteiger partial charge on any atom is 0.246 e. The van der Waals surface area contributed by atoms with Crippen LogP contribution in [0.3, 0.4) is 0 Å². The number of hydrogen-bond acceptors (Lipinski definition) is 3. The molecule has 0 radical (unpaired) electrons. The number of anilines is 1. The molecule has 0 atom stereocenters. The van der Waals surface area contributed by atoms with E-state index in [4.69, 9.17) is 17.3 Å². The van der Waals surface area contributed by atoms with Crippen molar-refractivity contribution >= 4 is 27.3 Å². The number of halogens is 1. The highest BCUT2D eigenvalue weighted by molar-refractivity contribution is 7.89. The summed E-state index contributed by atoms with van der Waals surface area (Å²) < 4.78 is 26.5. The second-order valence-electron chi connectivity index (χ2n) is 4.06. The summed E-state index contributed by atoms with van der Waals surface area (Å²) in [6.45, 7) is 4.82. The van der Waals surface area contributed by atoms with Crippen molar-refractivity contribution in [2.24, 2.45) is 0 Å². The van der Waals surface area contributed by atoms with E-state index in [0.29, 0.717) is 13.1 Å². The lowest BCUT2D eigenvalue weighted by Gasteiger charge is -2.22. The molecular weight excluding hydrogens is 272 g/mol. The highest BCUT2D eigenvalue weighted by Crippen LogP contribution is 2.30. The Bertz CT molecular complexity index is 477. The molecule has 18 heavy (non-hydrogen) atoms. The van der Waals surface area contributed by atoms with Gasteiger partial charge in [-0.1, -0.05) is 31.5 Å². The molecule has 0 aliphatic rings. The van der Waals surface area contributed by atoms with Crippen molar-refractivity contribution in [3.05, 3.63) is 23.2 Å². The van der Waals surface area contributed by atoms with E-state index in [9.17, 15) is 8.42 Å². The van der Waals surface area contributed by atoms with E-state index < -0.39 is 10.0 Å². The molecule has 1 aromatic rings. The topological polar surface area (TPSA) is 63.4 Å². The zero-order chi connectivity index (χ0) is 13.8. The monoisotopic (exact) mass is 290 g/mol. The van der Waals surface area contributed by atoms with Gasteiger partial charge in [0.1, 0.15) is 4.90 Å². The summed E-state index contributed by atoms with van der Waals surface area (Å²) in [5.41, 5.74) is 5.94. The van der Waals surface area contributed by atoms with Crippen LogP contribution in [0.2, 0.25) is 5.02 Å². The predicted octanol–water partition coefficient (Wildman–Crippen LogP) is 2.73. The fourth-order valence-electron chi connectivity index (χ4n) is 1.78. The Hall–Kier alpha value is -0.780. The molecule has 0 fully saturated rings. The Morgan fingerprint density at radius 1 is 1.22 bits per heavy atom. The zero-order valence-electron chi connectivity index (χ0n) is 10.7. The molecule has 0 bridgehead atoms. The number of hydrogen-bond donors (Lipinski definition) is 1. The Balaban J connectivity index is 3.26. The number of nitrogens with zero attached hydrogens (tertiary/aromatic N) is 1. The van der Waals surface area contributed by atoms with E-state index in [0.717, 1.165) is 12.8 Å². The van der Waals surface area contributed by atoms with Gasteiger partial charge in [0.25, 0.3) is 0 Å². The van der Waals surface area contributed by atoms with Crippen molar-refractivity contribution in [1.82, 2.24) is 4.31 Å². The van der Waals surface area contributed by atoms with Gasteiger partial charge in [0.05, 0.1) is 10.7 Å². The maximum atomic E-state index is 12.5. The van der Waals surface area contributed by atoms with Gasteiger partial charge in [-0.15, -0.1) is 0 Å². The van der Waals surface area contributed by atoms with Gasteiger partial charge >= 0.3 is 0 Å². The standard InChI is InChI=1S/C12H19ClN2O2S/c1-3-8-15(9-4-2)18(16,17)12-10(13)6-5-7-11(12)14/h5-7H,3-4,8-9,14H2,1-2H3. The molecule has 6 heteroatoms. The largest absolute Gasteiger partial charge is 0.398 e. The van der Waals surface area contributed by atoms with Crippen LogP contribution in [0.15, 0.2) is 23.1 Å². The molecule has 1 aromatic carbocycles. The van der Waals surface area contributed by atoms with Crippen LogP contribution in [-0.2, 0) is 10.0 Å². The summed E-state index contributed by atoms with van der Waals surface area (Å²) in [7, 11) is -3.61. The minimum absolute atomic E-state index is 0.0218. The molecule has 0 spiro atoms. The number of nitrogen functional groups attached to an aromatic ring is 1. The van der Waals surface area contributed by atoms with Crippen LogP contribution in [0.4, 0.5) is 5.69 Å². The fourth-order valence-corrected chi connectivity index (χ4v) is 4.04. The van der Waals surface area contributed by atoms with Gasteiger partial charge < -0.3 is 5.73 Å². The first-order valence-corrected chi connectivity index (χ1v) is 7.81. The maximum absolute atomic E-state index is 12.5. The molecule has 0 heterocycles. The first-order valence-electron chi connectivity index (χ1n) is 5.99. The molecular formula is C12H19ClN2O2S. The lowest BCUT2D eigenvalue weighted by molar-refractivity contribution is 0.410. The van der Waals surface area contributed by atoms with E-state index in [1.807, 2.05) is 13.8 Å². The van der Waals surface area contributed by atoms with Crippen LogP contribution in [0.5, 0.6) is 0 Å². The second kappa shape index (κ2) is 6.41. The Morgan fingerprint density at radius 3 is 2.22 bits per heavy atom. The van der Waals surface area contributed by atoms with E-state index in [1.165, 1.54) is 4.31 Å². The van der Waals surface area contributed by atoms with Crippen LogP contribution < -0.4 is 5.73 Å². The average Bonchev–Trinajstić information content (AvgIpc) is 2.28. The fraction of sp³-hybridized carbons (Fsp3) is 0.500. The Labute approximate surface area is 114 Å². The third kappa shape index (κ3) is 3.16. The predicted molar refractivity (Wildman–Crippen MR) is 75.2 cm³/mol. The van der Waals surface area contributed by atoms with Crippen molar-refractivity contribution in [2.45, 2.75) is 31.6 Å². The molecule has 0 unspecified atom stereocenters. The third-order valence-corrected chi connectivity index (χ3v) is 4.98. The van der Waals surface area contributed by atoms with Crippen molar-refractivity contribution < 1.29 is 8.42 Å². The number of benzene rings is 1. The van der Waals surface area contributed by atoms with Crippen LogP contribution in [0, 0.1) is 0 Å². The van der Waals surface area contributed by atoms with E-state index in [1.54, 1.807) is 18.2 Å². The van der Waals surface area contributed by atoms with Gasteiger partial charge in [0.2, 0.25) is 10.0 Å². The summed E-state index contributed by atoms with van der Waals surface area (Å²) >= 11 is 5.97. The number of sulfonamides is 1.